The maximum absolute atomic E-state index is 13.9. The summed E-state index contributed by atoms with van der Waals surface area (Å²) in [7, 11) is 0. The summed E-state index contributed by atoms with van der Waals surface area (Å²) in [6.45, 7) is 0.181. The first-order valence-electron chi connectivity index (χ1n) is 7.55. The van der Waals surface area contributed by atoms with Crippen LogP contribution < -0.4 is 10.1 Å². The Morgan fingerprint density at radius 2 is 1.92 bits per heavy atom. The number of benzene rings is 2. The molecule has 0 radical (unpaired) electrons. The number of pyridine rings is 1. The van der Waals surface area contributed by atoms with Crippen LogP contribution >= 0.6 is 0 Å². The maximum Gasteiger partial charge on any atom is 0.404 e. The first-order valence-corrected chi connectivity index (χ1v) is 7.55. The number of nitrogens with one attached hydrogen (secondary N) is 1. The van der Waals surface area contributed by atoms with Gasteiger partial charge in [0.2, 0.25) is 0 Å². The van der Waals surface area contributed by atoms with E-state index in [4.69, 9.17) is 9.84 Å². The Labute approximate surface area is 143 Å². The third kappa shape index (κ3) is 4.32. The molecule has 0 bridgehead atoms. The first kappa shape index (κ1) is 16.4. The molecule has 0 spiro atoms. The van der Waals surface area contributed by atoms with E-state index >= 15 is 0 Å². The van der Waals surface area contributed by atoms with Crippen molar-refractivity contribution in [3.05, 3.63) is 78.4 Å². The Balaban J connectivity index is 1.80. The molecule has 1 aromatic heterocycles. The predicted molar refractivity (Wildman–Crippen MR) is 91.0 cm³/mol. The Morgan fingerprint density at radius 1 is 1.08 bits per heavy atom. The Bertz CT molecular complexity index is 899. The van der Waals surface area contributed by atoms with Crippen molar-refractivity contribution in [2.75, 3.05) is 0 Å². The second-order valence-corrected chi connectivity index (χ2v) is 5.30. The summed E-state index contributed by atoms with van der Waals surface area (Å²) in [5, 5.41) is 11.0. The van der Waals surface area contributed by atoms with Crippen LogP contribution in [0.1, 0.15) is 5.56 Å². The number of rotatable bonds is 5. The number of amides is 1. The molecule has 2 N–H and O–H groups in total. The highest BCUT2D eigenvalue weighted by atomic mass is 19.1. The lowest BCUT2D eigenvalue weighted by Gasteiger charge is -2.09. The van der Waals surface area contributed by atoms with E-state index in [1.807, 2.05) is 0 Å². The largest absolute Gasteiger partial charge is 0.465 e. The predicted octanol–water partition coefficient (Wildman–Crippen LogP) is 4.45. The number of nitrogens with zero attached hydrogens (tertiary/aromatic N) is 1. The van der Waals surface area contributed by atoms with Crippen LogP contribution in [0.5, 0.6) is 11.5 Å². The number of halogens is 1. The van der Waals surface area contributed by atoms with Crippen molar-refractivity contribution in [2.45, 2.75) is 6.54 Å². The van der Waals surface area contributed by atoms with Crippen molar-refractivity contribution < 1.29 is 19.0 Å². The fourth-order valence-corrected chi connectivity index (χ4v) is 2.35. The third-order valence-corrected chi connectivity index (χ3v) is 3.48. The third-order valence-electron chi connectivity index (χ3n) is 3.48. The maximum atomic E-state index is 13.9. The number of aromatic nitrogens is 1. The summed E-state index contributed by atoms with van der Waals surface area (Å²) < 4.78 is 19.7. The van der Waals surface area contributed by atoms with Gasteiger partial charge in [-0.25, -0.2) is 9.18 Å². The molecule has 0 saturated heterocycles. The molecule has 25 heavy (non-hydrogen) atoms. The van der Waals surface area contributed by atoms with Crippen LogP contribution in [0.4, 0.5) is 9.18 Å². The van der Waals surface area contributed by atoms with E-state index in [-0.39, 0.29) is 12.4 Å². The summed E-state index contributed by atoms with van der Waals surface area (Å²) in [5.74, 6) is 0.671. The zero-order chi connectivity index (χ0) is 17.6. The van der Waals surface area contributed by atoms with E-state index in [0.717, 1.165) is 5.56 Å². The molecule has 0 aliphatic rings. The Hall–Kier alpha value is -3.41. The molecular formula is C19H15FN2O3. The lowest BCUT2D eigenvalue weighted by molar-refractivity contribution is 0.194. The average molecular weight is 338 g/mol. The molecule has 0 aliphatic carbocycles. The molecule has 1 heterocycles. The second-order valence-electron chi connectivity index (χ2n) is 5.30. The molecule has 3 rings (SSSR count). The van der Waals surface area contributed by atoms with Crippen molar-refractivity contribution in [2.24, 2.45) is 0 Å². The van der Waals surface area contributed by atoms with Gasteiger partial charge in [0.1, 0.15) is 17.3 Å². The number of carboxylic acid groups (broad SMARTS) is 1. The highest BCUT2D eigenvalue weighted by Crippen LogP contribution is 2.28. The Kier molecular flexibility index (Phi) is 4.89. The van der Waals surface area contributed by atoms with Gasteiger partial charge >= 0.3 is 6.09 Å². The second kappa shape index (κ2) is 7.44. The van der Waals surface area contributed by atoms with E-state index in [2.05, 4.69) is 10.3 Å². The van der Waals surface area contributed by atoms with Gasteiger partial charge in [0.15, 0.2) is 0 Å². The van der Waals surface area contributed by atoms with Gasteiger partial charge in [0.25, 0.3) is 0 Å². The van der Waals surface area contributed by atoms with Crippen LogP contribution in [0.15, 0.2) is 67.0 Å². The van der Waals surface area contributed by atoms with Crippen LogP contribution in [0, 0.1) is 5.82 Å². The standard InChI is InChI=1S/C19H15FN2O3/c20-18-7-2-1-6-17(18)14-9-16(12-21-11-14)25-15-5-3-4-13(8-15)10-22-19(23)24/h1-9,11-12,22H,10H2,(H,23,24). The molecule has 0 aliphatic heterocycles. The zero-order valence-corrected chi connectivity index (χ0v) is 13.1. The van der Waals surface area contributed by atoms with Crippen LogP contribution in [-0.4, -0.2) is 16.2 Å². The molecule has 5 nitrogen and oxygen atoms in total. The monoisotopic (exact) mass is 338 g/mol. The summed E-state index contributed by atoms with van der Waals surface area (Å²) in [6.07, 6.45) is 2.01. The lowest BCUT2D eigenvalue weighted by atomic mass is 10.1. The van der Waals surface area contributed by atoms with Gasteiger partial charge in [-0.05, 0) is 29.8 Å². The van der Waals surface area contributed by atoms with Crippen LogP contribution in [0.25, 0.3) is 11.1 Å². The molecule has 3 aromatic rings. The Morgan fingerprint density at radius 3 is 2.72 bits per heavy atom. The molecule has 0 fully saturated rings. The van der Waals surface area contributed by atoms with Crippen molar-refractivity contribution in [3.63, 3.8) is 0 Å². The number of ether oxygens (including phenoxy) is 1. The molecule has 2 aromatic carbocycles. The van der Waals surface area contributed by atoms with E-state index < -0.39 is 6.09 Å². The summed E-state index contributed by atoms with van der Waals surface area (Å²) in [5.41, 5.74) is 1.82. The van der Waals surface area contributed by atoms with Gasteiger partial charge in [-0.1, -0.05) is 30.3 Å². The van der Waals surface area contributed by atoms with Crippen molar-refractivity contribution in [1.29, 1.82) is 0 Å². The van der Waals surface area contributed by atoms with Crippen molar-refractivity contribution in [1.82, 2.24) is 10.3 Å². The minimum atomic E-state index is -1.09. The highest BCUT2D eigenvalue weighted by Gasteiger charge is 2.07. The van der Waals surface area contributed by atoms with Crippen LogP contribution in [-0.2, 0) is 6.54 Å². The SMILES string of the molecule is O=C(O)NCc1cccc(Oc2cncc(-c3ccccc3F)c2)c1. The topological polar surface area (TPSA) is 71.5 Å². The summed E-state index contributed by atoms with van der Waals surface area (Å²) >= 11 is 0. The molecule has 6 heteroatoms. The minimum Gasteiger partial charge on any atom is -0.465 e. The average Bonchev–Trinajstić information content (AvgIpc) is 2.61. The molecule has 1 amide bonds. The van der Waals surface area contributed by atoms with Gasteiger partial charge in [-0.3, -0.25) is 4.98 Å². The van der Waals surface area contributed by atoms with Gasteiger partial charge in [-0.2, -0.15) is 0 Å². The van der Waals surface area contributed by atoms with Crippen LogP contribution in [0.2, 0.25) is 0 Å². The lowest BCUT2D eigenvalue weighted by Crippen LogP contribution is -2.19. The van der Waals surface area contributed by atoms with Crippen molar-refractivity contribution >= 4 is 6.09 Å². The summed E-state index contributed by atoms with van der Waals surface area (Å²) in [6, 6.07) is 15.2. The summed E-state index contributed by atoms with van der Waals surface area (Å²) in [4.78, 5) is 14.7. The van der Waals surface area contributed by atoms with E-state index in [0.29, 0.717) is 22.6 Å². The zero-order valence-electron chi connectivity index (χ0n) is 13.1. The van der Waals surface area contributed by atoms with E-state index in [1.165, 1.54) is 12.3 Å². The quantitative estimate of drug-likeness (QED) is 0.721. The van der Waals surface area contributed by atoms with Gasteiger partial charge < -0.3 is 15.2 Å². The number of carbonyl (C=O) groups is 1. The molecular weight excluding hydrogens is 323 g/mol. The molecule has 0 atom stereocenters. The van der Waals surface area contributed by atoms with Crippen LogP contribution in [0.3, 0.4) is 0 Å². The highest BCUT2D eigenvalue weighted by molar-refractivity contribution is 5.65. The fraction of sp³-hybridized carbons (Fsp3) is 0.0526. The molecule has 0 unspecified atom stereocenters. The van der Waals surface area contributed by atoms with E-state index in [9.17, 15) is 9.18 Å². The normalized spacial score (nSPS) is 10.3. The smallest absolute Gasteiger partial charge is 0.404 e. The van der Waals surface area contributed by atoms with E-state index in [1.54, 1.807) is 54.7 Å². The first-order chi connectivity index (χ1) is 12.1. The van der Waals surface area contributed by atoms with Gasteiger partial charge in [-0.15, -0.1) is 0 Å². The molecule has 0 saturated carbocycles. The fourth-order valence-electron chi connectivity index (χ4n) is 2.35. The number of hydrogen-bond acceptors (Lipinski definition) is 3. The van der Waals surface area contributed by atoms with Gasteiger partial charge in [0.05, 0.1) is 6.20 Å². The number of hydrogen-bond donors (Lipinski definition) is 2. The van der Waals surface area contributed by atoms with Crippen molar-refractivity contribution in [3.8, 4) is 22.6 Å². The minimum absolute atomic E-state index is 0.181. The van der Waals surface area contributed by atoms with Gasteiger partial charge in [0, 0.05) is 23.9 Å². The molecule has 126 valence electrons.